The van der Waals surface area contributed by atoms with E-state index in [4.69, 9.17) is 4.98 Å². The lowest BCUT2D eigenvalue weighted by atomic mass is 10.0. The number of hydrogen-bond donors (Lipinski definition) is 0. The number of piperazine rings is 1. The lowest BCUT2D eigenvalue weighted by molar-refractivity contribution is -0.131. The Morgan fingerprint density at radius 2 is 1.74 bits per heavy atom. The second-order valence-electron chi connectivity index (χ2n) is 9.97. The van der Waals surface area contributed by atoms with Gasteiger partial charge in [-0.15, -0.1) is 0 Å². The summed E-state index contributed by atoms with van der Waals surface area (Å²) in [5.74, 6) is 1.39. The van der Waals surface area contributed by atoms with Crippen LogP contribution in [0.4, 0.5) is 0 Å². The van der Waals surface area contributed by atoms with E-state index in [9.17, 15) is 9.59 Å². The molecule has 7 nitrogen and oxygen atoms in total. The summed E-state index contributed by atoms with van der Waals surface area (Å²) in [7, 11) is 0. The van der Waals surface area contributed by atoms with Crippen molar-refractivity contribution in [2.24, 2.45) is 0 Å². The number of likely N-dealkylation sites (tertiary alicyclic amines) is 1. The Balaban J connectivity index is 1.15. The minimum Gasteiger partial charge on any atom is -0.341 e. The Hall–Kier alpha value is -1.73. The van der Waals surface area contributed by atoms with E-state index < -0.39 is 0 Å². The second kappa shape index (κ2) is 9.41. The van der Waals surface area contributed by atoms with E-state index in [1.165, 1.54) is 32.1 Å². The van der Waals surface area contributed by atoms with Gasteiger partial charge in [-0.25, -0.2) is 4.98 Å². The minimum atomic E-state index is 0.0896. The van der Waals surface area contributed by atoms with E-state index >= 15 is 0 Å². The van der Waals surface area contributed by atoms with Crippen LogP contribution in [-0.4, -0.2) is 82.0 Å². The average molecular weight is 428 g/mol. The maximum atomic E-state index is 13.0. The van der Waals surface area contributed by atoms with Gasteiger partial charge in [0, 0.05) is 70.3 Å². The highest BCUT2D eigenvalue weighted by Gasteiger charge is 2.31. The number of fused-ring (bicyclic) bond motifs is 1. The topological polar surface area (TPSA) is 61.7 Å². The lowest BCUT2D eigenvalue weighted by Crippen LogP contribution is -2.52. The van der Waals surface area contributed by atoms with Crippen molar-refractivity contribution in [1.29, 1.82) is 0 Å². The number of hydrogen-bond acceptors (Lipinski definition) is 5. The maximum absolute atomic E-state index is 13.0. The summed E-state index contributed by atoms with van der Waals surface area (Å²) >= 11 is 0. The molecule has 2 saturated heterocycles. The van der Waals surface area contributed by atoms with Crippen LogP contribution in [0, 0.1) is 0 Å². The lowest BCUT2D eigenvalue weighted by Gasteiger charge is -2.38. The number of nitrogens with zero attached hydrogens (tertiary/aromatic N) is 5. The molecule has 4 aliphatic rings. The van der Waals surface area contributed by atoms with Crippen LogP contribution in [0.1, 0.15) is 68.8 Å². The summed E-state index contributed by atoms with van der Waals surface area (Å²) in [6, 6.07) is 2.52. The van der Waals surface area contributed by atoms with Gasteiger partial charge in [-0.2, -0.15) is 0 Å². The third-order valence-electron chi connectivity index (χ3n) is 7.96. The first-order valence-corrected chi connectivity index (χ1v) is 12.5. The zero-order valence-corrected chi connectivity index (χ0v) is 18.8. The van der Waals surface area contributed by atoms with Crippen LogP contribution < -0.4 is 5.56 Å². The van der Waals surface area contributed by atoms with E-state index in [2.05, 4.69) is 9.80 Å². The van der Waals surface area contributed by atoms with Gasteiger partial charge in [0.2, 0.25) is 5.91 Å². The molecule has 1 aliphatic carbocycles. The van der Waals surface area contributed by atoms with Gasteiger partial charge >= 0.3 is 0 Å². The Labute approximate surface area is 185 Å². The molecule has 7 heteroatoms. The van der Waals surface area contributed by atoms with E-state index in [0.717, 1.165) is 82.5 Å². The first-order valence-electron chi connectivity index (χ1n) is 12.5. The van der Waals surface area contributed by atoms with Gasteiger partial charge in [-0.05, 0) is 32.1 Å². The molecule has 0 aromatic carbocycles. The Bertz CT molecular complexity index is 839. The normalized spacial score (nSPS) is 26.2. The third kappa shape index (κ3) is 4.72. The van der Waals surface area contributed by atoms with Crippen LogP contribution >= 0.6 is 0 Å². The summed E-state index contributed by atoms with van der Waals surface area (Å²) in [5.41, 5.74) is 0.991. The maximum Gasteiger partial charge on any atom is 0.253 e. The van der Waals surface area contributed by atoms with Gasteiger partial charge in [0.05, 0.1) is 12.2 Å². The number of amides is 1. The molecule has 1 saturated carbocycles. The van der Waals surface area contributed by atoms with Gasteiger partial charge in [0.25, 0.3) is 5.56 Å². The standard InChI is InChI=1S/C24H37N5O2/c30-23-16-21(25-22-8-2-1-5-10-29(22)23)19-9-11-28(17-19)24(31)18-26-12-14-27(15-13-26)20-6-3-4-7-20/h16,19-20H,1-15,17-18H2/t19-/m1/s1. The van der Waals surface area contributed by atoms with E-state index in [-0.39, 0.29) is 17.4 Å². The molecule has 3 fully saturated rings. The van der Waals surface area contributed by atoms with Crippen molar-refractivity contribution in [2.45, 2.75) is 76.3 Å². The fourth-order valence-electron chi connectivity index (χ4n) is 6.02. The molecule has 1 aromatic heterocycles. The van der Waals surface area contributed by atoms with Gasteiger partial charge < -0.3 is 4.90 Å². The largest absolute Gasteiger partial charge is 0.341 e. The Morgan fingerprint density at radius 1 is 0.935 bits per heavy atom. The predicted molar refractivity (Wildman–Crippen MR) is 120 cm³/mol. The Morgan fingerprint density at radius 3 is 2.55 bits per heavy atom. The average Bonchev–Trinajstić information content (AvgIpc) is 3.43. The summed E-state index contributed by atoms with van der Waals surface area (Å²) in [5, 5.41) is 0. The smallest absolute Gasteiger partial charge is 0.253 e. The molecule has 0 radical (unpaired) electrons. The molecule has 1 aromatic rings. The van der Waals surface area contributed by atoms with E-state index in [0.29, 0.717) is 13.1 Å². The fourth-order valence-corrected chi connectivity index (χ4v) is 6.02. The van der Waals surface area contributed by atoms with Crippen LogP contribution in [0.2, 0.25) is 0 Å². The van der Waals surface area contributed by atoms with Crippen LogP contribution in [-0.2, 0) is 17.8 Å². The minimum absolute atomic E-state index is 0.0896. The molecule has 0 bridgehead atoms. The molecule has 0 spiro atoms. The molecule has 0 N–H and O–H groups in total. The second-order valence-corrected chi connectivity index (χ2v) is 9.97. The highest BCUT2D eigenvalue weighted by Crippen LogP contribution is 2.27. The fraction of sp³-hybridized carbons (Fsp3) is 0.792. The van der Waals surface area contributed by atoms with Gasteiger partial charge in [-0.3, -0.25) is 24.0 Å². The first-order chi connectivity index (χ1) is 15.2. The molecule has 31 heavy (non-hydrogen) atoms. The molecule has 3 aliphatic heterocycles. The highest BCUT2D eigenvalue weighted by molar-refractivity contribution is 5.78. The number of aromatic nitrogens is 2. The van der Waals surface area contributed by atoms with Crippen LogP contribution in [0.5, 0.6) is 0 Å². The first kappa shape index (κ1) is 21.1. The van der Waals surface area contributed by atoms with Crippen molar-refractivity contribution in [2.75, 3.05) is 45.8 Å². The van der Waals surface area contributed by atoms with E-state index in [1.807, 2.05) is 9.47 Å². The van der Waals surface area contributed by atoms with Crippen LogP contribution in [0.15, 0.2) is 10.9 Å². The summed E-state index contributed by atoms with van der Waals surface area (Å²) < 4.78 is 1.86. The number of rotatable bonds is 4. The number of aryl methyl sites for hydroxylation is 1. The molecule has 1 atom stereocenters. The molecule has 1 amide bonds. The van der Waals surface area contributed by atoms with Gasteiger partial charge in [0.1, 0.15) is 5.82 Å². The summed E-state index contributed by atoms with van der Waals surface area (Å²) in [6.45, 7) is 7.02. The SMILES string of the molecule is O=C(CN1CCN(C2CCCC2)CC1)N1CC[C@@H](c2cc(=O)n3c(n2)CCCCC3)C1. The highest BCUT2D eigenvalue weighted by atomic mass is 16.2. The van der Waals surface area contributed by atoms with Crippen molar-refractivity contribution in [1.82, 2.24) is 24.3 Å². The van der Waals surface area contributed by atoms with Crippen molar-refractivity contribution in [3.63, 3.8) is 0 Å². The zero-order chi connectivity index (χ0) is 21.2. The van der Waals surface area contributed by atoms with Crippen molar-refractivity contribution >= 4 is 5.91 Å². The number of carbonyl (C=O) groups is 1. The predicted octanol–water partition coefficient (Wildman–Crippen LogP) is 1.85. The molecule has 4 heterocycles. The molecule has 5 rings (SSSR count). The van der Waals surface area contributed by atoms with Crippen molar-refractivity contribution in [3.05, 3.63) is 27.9 Å². The van der Waals surface area contributed by atoms with Crippen LogP contribution in [0.3, 0.4) is 0 Å². The van der Waals surface area contributed by atoms with Crippen molar-refractivity contribution in [3.8, 4) is 0 Å². The molecule has 0 unspecified atom stereocenters. The van der Waals surface area contributed by atoms with Gasteiger partial charge in [-0.1, -0.05) is 19.3 Å². The zero-order valence-electron chi connectivity index (χ0n) is 18.8. The third-order valence-corrected chi connectivity index (χ3v) is 7.96. The quantitative estimate of drug-likeness (QED) is 0.734. The monoisotopic (exact) mass is 427 g/mol. The summed E-state index contributed by atoms with van der Waals surface area (Å²) in [4.78, 5) is 37.4. The molecular formula is C24H37N5O2. The van der Waals surface area contributed by atoms with E-state index in [1.54, 1.807) is 6.07 Å². The van der Waals surface area contributed by atoms with Gasteiger partial charge in [0.15, 0.2) is 0 Å². The molecule has 170 valence electrons. The van der Waals surface area contributed by atoms with Crippen molar-refractivity contribution < 1.29 is 4.79 Å². The van der Waals surface area contributed by atoms with Crippen LogP contribution in [0.25, 0.3) is 0 Å². The number of carbonyl (C=O) groups excluding carboxylic acids is 1. The molecular weight excluding hydrogens is 390 g/mol. The summed E-state index contributed by atoms with van der Waals surface area (Å²) in [6.07, 6.45) is 10.6. The Kier molecular flexibility index (Phi) is 6.41.